The highest BCUT2D eigenvalue weighted by molar-refractivity contribution is 5.96. The van der Waals surface area contributed by atoms with E-state index >= 15 is 9.59 Å². The number of aliphatic carboxylic acids is 1. The SMILES string of the molecule is CC(=O)OC1C(=O)C2(C)C(O)CC3OC[C@H]3C2C(OC(=O)c2ccccc2)C2(O)C[C@H](OC(=O)[C@H](OC(=O)C(C)(C)CCC(C)(C)C(=O)O)[C@@H](NC(=O)c3ccccc3)c3ccccc3)C(C)=C1C2(C)C. The van der Waals surface area contributed by atoms with Gasteiger partial charge in [-0.05, 0) is 95.4 Å². The van der Waals surface area contributed by atoms with Gasteiger partial charge < -0.3 is 44.3 Å². The van der Waals surface area contributed by atoms with Crippen molar-refractivity contribution in [1.29, 1.82) is 0 Å². The van der Waals surface area contributed by atoms with Crippen molar-refractivity contribution in [2.24, 2.45) is 33.5 Å². The molecule has 2 bridgehead atoms. The molecule has 0 radical (unpaired) electrons. The van der Waals surface area contributed by atoms with Crippen LogP contribution in [0.4, 0.5) is 0 Å². The molecule has 1 saturated heterocycles. The highest BCUT2D eigenvalue weighted by atomic mass is 16.6. The van der Waals surface area contributed by atoms with Crippen LogP contribution in [0.2, 0.25) is 0 Å². The van der Waals surface area contributed by atoms with Gasteiger partial charge in [0, 0.05) is 42.6 Å². The molecule has 11 atom stereocenters. The average Bonchev–Trinajstić information content (AvgIpc) is 3.32. The van der Waals surface area contributed by atoms with E-state index in [1.54, 1.807) is 113 Å². The Balaban J connectivity index is 1.38. The predicted octanol–water partition coefficient (Wildman–Crippen LogP) is 6.52. The number of hydrogen-bond donors (Lipinski definition) is 4. The molecule has 380 valence electrons. The monoisotopic (exact) mass is 979 g/mol. The Morgan fingerprint density at radius 3 is 1.93 bits per heavy atom. The Bertz CT molecular complexity index is 2570. The van der Waals surface area contributed by atoms with E-state index in [1.807, 2.05) is 0 Å². The lowest BCUT2D eigenvalue weighted by Crippen LogP contribution is -2.75. The maximum absolute atomic E-state index is 15.5. The minimum atomic E-state index is -2.27. The molecule has 16 heteroatoms. The van der Waals surface area contributed by atoms with Gasteiger partial charge in [-0.15, -0.1) is 0 Å². The minimum Gasteiger partial charge on any atom is -0.481 e. The van der Waals surface area contributed by atoms with Gasteiger partial charge in [0.1, 0.15) is 23.9 Å². The summed E-state index contributed by atoms with van der Waals surface area (Å²) in [6, 6.07) is 23.1. The van der Waals surface area contributed by atoms with Crippen LogP contribution in [0.5, 0.6) is 0 Å². The summed E-state index contributed by atoms with van der Waals surface area (Å²) < 4.78 is 30.9. The molecule has 1 amide bonds. The van der Waals surface area contributed by atoms with Gasteiger partial charge in [-0.2, -0.15) is 0 Å². The second-order valence-electron chi connectivity index (χ2n) is 21.5. The number of rotatable bonds is 15. The van der Waals surface area contributed by atoms with Crippen molar-refractivity contribution >= 4 is 41.5 Å². The maximum atomic E-state index is 15.5. The van der Waals surface area contributed by atoms with E-state index in [2.05, 4.69) is 5.32 Å². The first-order valence-corrected chi connectivity index (χ1v) is 24.0. The van der Waals surface area contributed by atoms with Crippen LogP contribution in [0.25, 0.3) is 0 Å². The minimum absolute atomic E-state index is 0.0194. The van der Waals surface area contributed by atoms with E-state index < -0.39 is 130 Å². The molecule has 0 spiro atoms. The molecule has 71 heavy (non-hydrogen) atoms. The molecule has 3 aliphatic carbocycles. The first kappa shape index (κ1) is 52.6. The molecule has 0 aromatic heterocycles. The van der Waals surface area contributed by atoms with Gasteiger partial charge in [0.05, 0.1) is 40.6 Å². The standard InChI is InChI=1S/C55H65NO15/c1-30-37(69-48(62)43(70-50(65)52(5,6)26-25-51(3,4)49(63)64)41(32-19-13-10-14-20-32)56-46(60)33-21-15-11-16-22-33)28-55(66)45(71-47(61)34-23-17-12-18-24-34)40-35-29-67-36(35)27-38(58)54(40,9)44(59)42(68-31(2)57)39(30)53(55,7)8/h10-24,35-38,40-43,45,58,66H,25-29H2,1-9H3,(H,56,60)(H,63,64)/t35-,36?,37+,38?,40?,41+,42?,43-,45?,54?,55?/m1/s1. The first-order valence-electron chi connectivity index (χ1n) is 24.0. The van der Waals surface area contributed by atoms with Crippen molar-refractivity contribution < 1.29 is 72.6 Å². The van der Waals surface area contributed by atoms with Gasteiger partial charge in [0.25, 0.3) is 5.91 Å². The molecular weight excluding hydrogens is 915 g/mol. The molecule has 7 rings (SSSR count). The van der Waals surface area contributed by atoms with Gasteiger partial charge in [0.2, 0.25) is 6.10 Å². The van der Waals surface area contributed by atoms with Crippen LogP contribution < -0.4 is 5.32 Å². The van der Waals surface area contributed by atoms with Crippen LogP contribution in [0, 0.1) is 33.5 Å². The van der Waals surface area contributed by atoms with Crippen molar-refractivity contribution in [3.8, 4) is 0 Å². The molecule has 3 aromatic rings. The Morgan fingerprint density at radius 2 is 1.38 bits per heavy atom. The molecule has 16 nitrogen and oxygen atoms in total. The van der Waals surface area contributed by atoms with Crippen LogP contribution in [0.15, 0.2) is 102 Å². The fraction of sp³-hybridized carbons (Fsp3) is 0.509. The molecule has 1 aliphatic heterocycles. The Morgan fingerprint density at radius 1 is 0.817 bits per heavy atom. The number of esters is 4. The number of aliphatic hydroxyl groups is 2. The molecular formula is C55H65NO15. The highest BCUT2D eigenvalue weighted by Crippen LogP contribution is 2.62. The van der Waals surface area contributed by atoms with Crippen LogP contribution in [-0.4, -0.2) is 106 Å². The fourth-order valence-electron chi connectivity index (χ4n) is 10.9. The van der Waals surface area contributed by atoms with E-state index in [9.17, 15) is 39.3 Å². The van der Waals surface area contributed by atoms with Crippen LogP contribution in [-0.2, 0) is 47.7 Å². The lowest BCUT2D eigenvalue weighted by atomic mass is 9.46. The zero-order valence-corrected chi connectivity index (χ0v) is 41.6. The summed E-state index contributed by atoms with van der Waals surface area (Å²) in [6.45, 7) is 13.7. The normalized spacial score (nSPS) is 28.7. The number of aliphatic hydroxyl groups excluding tert-OH is 1. The summed E-state index contributed by atoms with van der Waals surface area (Å²) in [7, 11) is 0. The van der Waals surface area contributed by atoms with E-state index in [0.29, 0.717) is 5.56 Å². The molecule has 4 N–H and O–H groups in total. The van der Waals surface area contributed by atoms with Crippen molar-refractivity contribution in [3.05, 3.63) is 119 Å². The lowest BCUT2D eigenvalue weighted by Gasteiger charge is -2.64. The zero-order valence-electron chi connectivity index (χ0n) is 41.6. The molecule has 1 heterocycles. The first-order chi connectivity index (χ1) is 33.3. The van der Waals surface area contributed by atoms with Gasteiger partial charge in [-0.1, -0.05) is 80.6 Å². The number of carbonyl (C=O) groups excluding carboxylic acids is 6. The predicted molar refractivity (Wildman–Crippen MR) is 255 cm³/mol. The number of carbonyl (C=O) groups is 7. The summed E-state index contributed by atoms with van der Waals surface area (Å²) >= 11 is 0. The third-order valence-corrected chi connectivity index (χ3v) is 15.8. The van der Waals surface area contributed by atoms with Gasteiger partial charge in [-0.3, -0.25) is 24.0 Å². The number of hydrogen-bond acceptors (Lipinski definition) is 14. The van der Waals surface area contributed by atoms with Crippen LogP contribution in [0.1, 0.15) is 120 Å². The smallest absolute Gasteiger partial charge is 0.350 e. The Kier molecular flexibility index (Phi) is 14.6. The Labute approximate surface area is 413 Å². The quantitative estimate of drug-likeness (QED) is 0.0721. The molecule has 3 fully saturated rings. The van der Waals surface area contributed by atoms with E-state index in [-0.39, 0.29) is 48.1 Å². The van der Waals surface area contributed by atoms with Gasteiger partial charge in [-0.25, -0.2) is 9.59 Å². The molecule has 7 unspecified atom stereocenters. The maximum Gasteiger partial charge on any atom is 0.350 e. The summed E-state index contributed by atoms with van der Waals surface area (Å²) in [6.07, 6.45) is -9.16. The zero-order chi connectivity index (χ0) is 52.0. The second kappa shape index (κ2) is 19.8. The van der Waals surface area contributed by atoms with Crippen LogP contribution >= 0.6 is 0 Å². The summed E-state index contributed by atoms with van der Waals surface area (Å²) in [5, 5.41) is 38.6. The third-order valence-electron chi connectivity index (χ3n) is 15.8. The summed E-state index contributed by atoms with van der Waals surface area (Å²) in [5.41, 5.74) is -7.37. The average molecular weight is 980 g/mol. The van der Waals surface area contributed by atoms with Gasteiger partial charge in [0.15, 0.2) is 11.9 Å². The van der Waals surface area contributed by atoms with E-state index in [4.69, 9.17) is 23.7 Å². The number of fused-ring (bicyclic) bond motifs is 5. The van der Waals surface area contributed by atoms with E-state index in [1.165, 1.54) is 32.9 Å². The molecule has 2 saturated carbocycles. The Hall–Kier alpha value is -6.23. The summed E-state index contributed by atoms with van der Waals surface area (Å²) in [4.78, 5) is 98.9. The number of benzene rings is 3. The number of carboxylic acid groups (broad SMARTS) is 1. The number of amides is 1. The number of Topliss-reactive ketones (excluding diaryl/α,β-unsaturated/α-hetero) is 1. The van der Waals surface area contributed by atoms with Gasteiger partial charge >= 0.3 is 29.8 Å². The molecule has 3 aromatic carbocycles. The van der Waals surface area contributed by atoms with Crippen LogP contribution in [0.3, 0.4) is 0 Å². The fourth-order valence-corrected chi connectivity index (χ4v) is 10.9. The topological polar surface area (TPSA) is 238 Å². The van der Waals surface area contributed by atoms with Crippen molar-refractivity contribution in [1.82, 2.24) is 5.32 Å². The number of nitrogens with one attached hydrogen (secondary N) is 1. The number of ketones is 1. The van der Waals surface area contributed by atoms with Crippen molar-refractivity contribution in [2.45, 2.75) is 136 Å². The summed E-state index contributed by atoms with van der Waals surface area (Å²) in [5.74, 6) is -7.91. The highest BCUT2D eigenvalue weighted by Gasteiger charge is 2.73. The number of ether oxygens (including phenoxy) is 5. The number of carboxylic acids is 1. The largest absolute Gasteiger partial charge is 0.481 e. The molecule has 4 aliphatic rings. The van der Waals surface area contributed by atoms with Crippen molar-refractivity contribution in [3.63, 3.8) is 0 Å². The third kappa shape index (κ3) is 9.78. The second-order valence-corrected chi connectivity index (χ2v) is 21.5. The van der Waals surface area contributed by atoms with E-state index in [0.717, 1.165) is 6.92 Å². The van der Waals surface area contributed by atoms with Crippen molar-refractivity contribution in [2.75, 3.05) is 6.61 Å². The lowest BCUT2D eigenvalue weighted by molar-refractivity contribution is -0.277.